The number of halogens is 1. The van der Waals surface area contributed by atoms with Gasteiger partial charge >= 0.3 is 5.97 Å². The van der Waals surface area contributed by atoms with Crippen LogP contribution in [-0.4, -0.2) is 34.1 Å². The summed E-state index contributed by atoms with van der Waals surface area (Å²) in [5.74, 6) is -0.624. The Kier molecular flexibility index (Phi) is 6.99. The molecule has 5 rings (SSSR count). The third kappa shape index (κ3) is 5.53. The van der Waals surface area contributed by atoms with Gasteiger partial charge in [0.25, 0.3) is 5.91 Å². The van der Waals surface area contributed by atoms with Gasteiger partial charge in [-0.3, -0.25) is 9.69 Å². The number of aliphatic imine (C=N–C) groups is 1. The number of likely N-dealkylation sites (N-methyl/N-ethyl adjacent to an activating group) is 1. The second-order valence-corrected chi connectivity index (χ2v) is 9.80. The number of carboxylic acids is 1. The van der Waals surface area contributed by atoms with E-state index in [1.807, 2.05) is 24.3 Å². The van der Waals surface area contributed by atoms with E-state index in [0.717, 1.165) is 16.5 Å². The number of aromatic carboxylic acids is 1. The van der Waals surface area contributed by atoms with Crippen LogP contribution in [0.3, 0.4) is 0 Å². The Hall–Kier alpha value is -4.07. The Labute approximate surface area is 222 Å². The zero-order valence-corrected chi connectivity index (χ0v) is 21.3. The summed E-state index contributed by atoms with van der Waals surface area (Å²) < 4.78 is 5.95. The van der Waals surface area contributed by atoms with Crippen LogP contribution in [0.2, 0.25) is 5.02 Å². The molecule has 0 aliphatic carbocycles. The molecule has 0 bridgehead atoms. The predicted octanol–water partition coefficient (Wildman–Crippen LogP) is 7.00. The minimum atomic E-state index is -1.00. The summed E-state index contributed by atoms with van der Waals surface area (Å²) in [4.78, 5) is 30.3. The van der Waals surface area contributed by atoms with Crippen LogP contribution in [0.1, 0.15) is 21.5 Å². The summed E-state index contributed by atoms with van der Waals surface area (Å²) in [7, 11) is 1.65. The van der Waals surface area contributed by atoms with Gasteiger partial charge in [-0.15, -0.1) is 0 Å². The minimum Gasteiger partial charge on any atom is -0.487 e. The molecule has 0 spiro atoms. The van der Waals surface area contributed by atoms with Crippen molar-refractivity contribution in [1.82, 2.24) is 4.90 Å². The van der Waals surface area contributed by atoms with E-state index in [2.05, 4.69) is 29.3 Å². The van der Waals surface area contributed by atoms with Gasteiger partial charge in [0.05, 0.1) is 21.2 Å². The lowest BCUT2D eigenvalue weighted by Crippen LogP contribution is -2.23. The van der Waals surface area contributed by atoms with Gasteiger partial charge < -0.3 is 9.84 Å². The van der Waals surface area contributed by atoms with E-state index in [9.17, 15) is 9.59 Å². The van der Waals surface area contributed by atoms with Crippen molar-refractivity contribution >= 4 is 62.9 Å². The molecule has 0 unspecified atom stereocenters. The van der Waals surface area contributed by atoms with Gasteiger partial charge in [0.2, 0.25) is 0 Å². The first kappa shape index (κ1) is 24.6. The van der Waals surface area contributed by atoms with E-state index in [4.69, 9.17) is 21.4 Å². The fraction of sp³-hybridized carbons (Fsp3) is 0.0690. The second-order valence-electron chi connectivity index (χ2n) is 8.38. The first-order chi connectivity index (χ1) is 17.9. The maximum absolute atomic E-state index is 12.8. The molecule has 0 atom stereocenters. The molecule has 4 aromatic rings. The average molecular weight is 529 g/mol. The summed E-state index contributed by atoms with van der Waals surface area (Å²) >= 11 is 7.73. The molecule has 1 aliphatic rings. The molecule has 1 N–H and O–H groups in total. The van der Waals surface area contributed by atoms with Crippen LogP contribution in [0.5, 0.6) is 5.75 Å². The van der Waals surface area contributed by atoms with E-state index in [1.165, 1.54) is 34.2 Å². The molecule has 1 saturated heterocycles. The first-order valence-electron chi connectivity index (χ1n) is 11.4. The third-order valence-corrected chi connectivity index (χ3v) is 7.16. The summed E-state index contributed by atoms with van der Waals surface area (Å²) in [6.07, 6.45) is 1.76. The number of hydrogen-bond acceptors (Lipinski definition) is 5. The molecule has 8 heteroatoms. The summed E-state index contributed by atoms with van der Waals surface area (Å²) in [6, 6.07) is 25.9. The smallest absolute Gasteiger partial charge is 0.335 e. The largest absolute Gasteiger partial charge is 0.487 e. The molecule has 1 amide bonds. The van der Waals surface area contributed by atoms with Gasteiger partial charge in [0.15, 0.2) is 5.17 Å². The Morgan fingerprint density at radius 2 is 1.78 bits per heavy atom. The highest BCUT2D eigenvalue weighted by Gasteiger charge is 2.30. The summed E-state index contributed by atoms with van der Waals surface area (Å²) in [5, 5.41) is 12.3. The highest BCUT2D eigenvalue weighted by atomic mass is 35.5. The van der Waals surface area contributed by atoms with Crippen molar-refractivity contribution in [2.24, 2.45) is 4.99 Å². The molecule has 1 heterocycles. The molecule has 6 nitrogen and oxygen atoms in total. The van der Waals surface area contributed by atoms with Crippen LogP contribution in [0, 0.1) is 0 Å². The number of benzene rings is 4. The van der Waals surface area contributed by atoms with Gasteiger partial charge in [0.1, 0.15) is 12.4 Å². The molecule has 0 radical (unpaired) electrons. The number of thioether (sulfide) groups is 1. The Morgan fingerprint density at radius 3 is 2.51 bits per heavy atom. The fourth-order valence-electron chi connectivity index (χ4n) is 3.81. The van der Waals surface area contributed by atoms with Crippen molar-refractivity contribution in [1.29, 1.82) is 0 Å². The number of amides is 1. The zero-order valence-electron chi connectivity index (χ0n) is 19.7. The van der Waals surface area contributed by atoms with Crippen molar-refractivity contribution in [3.05, 3.63) is 112 Å². The monoisotopic (exact) mass is 528 g/mol. The number of nitrogens with zero attached hydrogens (tertiary/aromatic N) is 2. The highest BCUT2D eigenvalue weighted by molar-refractivity contribution is 8.18. The summed E-state index contributed by atoms with van der Waals surface area (Å²) in [6.45, 7) is 0.386. The van der Waals surface area contributed by atoms with Crippen LogP contribution in [0.25, 0.3) is 16.8 Å². The normalized spacial score (nSPS) is 15.6. The zero-order chi connectivity index (χ0) is 25.9. The van der Waals surface area contributed by atoms with Crippen LogP contribution in [0.4, 0.5) is 5.69 Å². The van der Waals surface area contributed by atoms with Crippen molar-refractivity contribution < 1.29 is 19.4 Å². The highest BCUT2D eigenvalue weighted by Crippen LogP contribution is 2.34. The van der Waals surface area contributed by atoms with Crippen LogP contribution < -0.4 is 4.74 Å². The SMILES string of the molecule is CN1C(=O)/C(=C/c2ccc(OCc3ccc4ccccc4c3)c(Cl)c2)SC1=Nc1ccc(C(=O)O)cc1. The molecule has 184 valence electrons. The summed E-state index contributed by atoms with van der Waals surface area (Å²) in [5.41, 5.74) is 2.54. The van der Waals surface area contributed by atoms with E-state index in [-0.39, 0.29) is 11.5 Å². The Bertz CT molecular complexity index is 1580. The van der Waals surface area contributed by atoms with E-state index in [0.29, 0.717) is 33.1 Å². The number of carbonyl (C=O) groups excluding carboxylic acids is 1. The first-order valence-corrected chi connectivity index (χ1v) is 12.6. The fourth-order valence-corrected chi connectivity index (χ4v) is 5.04. The van der Waals surface area contributed by atoms with E-state index < -0.39 is 5.97 Å². The van der Waals surface area contributed by atoms with Crippen molar-refractivity contribution in [3.8, 4) is 5.75 Å². The number of fused-ring (bicyclic) bond motifs is 1. The maximum atomic E-state index is 12.8. The number of ether oxygens (including phenoxy) is 1. The molecule has 0 aromatic heterocycles. The molecular weight excluding hydrogens is 508 g/mol. The van der Waals surface area contributed by atoms with E-state index >= 15 is 0 Å². The van der Waals surface area contributed by atoms with E-state index in [1.54, 1.807) is 37.4 Å². The van der Waals surface area contributed by atoms with Gasteiger partial charge in [0, 0.05) is 7.05 Å². The van der Waals surface area contributed by atoms with Gasteiger partial charge in [-0.2, -0.15) is 0 Å². The van der Waals surface area contributed by atoms with Crippen molar-refractivity contribution in [3.63, 3.8) is 0 Å². The average Bonchev–Trinajstić information content (AvgIpc) is 3.16. The third-order valence-electron chi connectivity index (χ3n) is 5.80. The van der Waals surface area contributed by atoms with Gasteiger partial charge in [-0.05, 0) is 82.2 Å². The number of carbonyl (C=O) groups is 2. The molecular formula is C29H21ClN2O4S. The van der Waals surface area contributed by atoms with Crippen LogP contribution >= 0.6 is 23.4 Å². The standard InChI is InChI=1S/C29H21ClN2O4S/c1-32-27(33)26(37-29(32)31-23-11-9-21(10-12-23)28(34)35)16-18-7-13-25(24(30)15-18)36-17-19-6-8-20-4-2-3-5-22(20)14-19/h2-16H,17H2,1H3,(H,34,35)/b26-16-,31-29?. The van der Waals surface area contributed by atoms with Gasteiger partial charge in [-0.1, -0.05) is 54.1 Å². The lowest BCUT2D eigenvalue weighted by Gasteiger charge is -2.10. The minimum absolute atomic E-state index is 0.176. The number of rotatable bonds is 6. The molecule has 1 fully saturated rings. The lowest BCUT2D eigenvalue weighted by molar-refractivity contribution is -0.121. The Morgan fingerprint density at radius 1 is 1.03 bits per heavy atom. The second kappa shape index (κ2) is 10.5. The van der Waals surface area contributed by atoms with Crippen LogP contribution in [0.15, 0.2) is 94.8 Å². The molecule has 4 aromatic carbocycles. The lowest BCUT2D eigenvalue weighted by atomic mass is 10.1. The quantitative estimate of drug-likeness (QED) is 0.272. The van der Waals surface area contributed by atoms with Crippen molar-refractivity contribution in [2.45, 2.75) is 6.61 Å². The molecule has 0 saturated carbocycles. The topological polar surface area (TPSA) is 79.2 Å². The number of amidine groups is 1. The van der Waals surface area contributed by atoms with Crippen molar-refractivity contribution in [2.75, 3.05) is 7.05 Å². The maximum Gasteiger partial charge on any atom is 0.335 e. The predicted molar refractivity (Wildman–Crippen MR) is 149 cm³/mol. The van der Waals surface area contributed by atoms with Gasteiger partial charge in [-0.25, -0.2) is 9.79 Å². The van der Waals surface area contributed by atoms with Crippen LogP contribution in [-0.2, 0) is 11.4 Å². The molecule has 37 heavy (non-hydrogen) atoms. The molecule has 1 aliphatic heterocycles. The number of carboxylic acid groups (broad SMARTS) is 1. The Balaban J connectivity index is 1.29. The number of hydrogen-bond donors (Lipinski definition) is 1.